The molecule has 4 rings (SSSR count). The van der Waals surface area contributed by atoms with E-state index in [-0.39, 0.29) is 10.9 Å². The lowest BCUT2D eigenvalue weighted by molar-refractivity contribution is 0.312. The van der Waals surface area contributed by atoms with E-state index in [1.165, 1.54) is 16.8 Å². The molecule has 1 aliphatic heterocycles. The maximum absolute atomic E-state index is 13.0. The van der Waals surface area contributed by atoms with Crippen LogP contribution in [0.1, 0.15) is 24.5 Å². The van der Waals surface area contributed by atoms with Gasteiger partial charge >= 0.3 is 0 Å². The fraction of sp³-hybridized carbons (Fsp3) is 0.400. The van der Waals surface area contributed by atoms with Crippen molar-refractivity contribution in [3.63, 3.8) is 0 Å². The highest BCUT2D eigenvalue weighted by atomic mass is 32.2. The van der Waals surface area contributed by atoms with Crippen LogP contribution in [0.25, 0.3) is 11.4 Å². The average Bonchev–Trinajstić information content (AvgIpc) is 3.21. The zero-order valence-corrected chi connectivity index (χ0v) is 18.1. The number of piperidine rings is 1. The number of aryl methyl sites for hydroxylation is 1. The summed E-state index contributed by atoms with van der Waals surface area (Å²) < 4.78 is 29.2. The summed E-state index contributed by atoms with van der Waals surface area (Å²) in [7, 11) is 1.98. The molecule has 1 fully saturated rings. The van der Waals surface area contributed by atoms with E-state index in [0.29, 0.717) is 18.9 Å². The molecule has 3 aromatic heterocycles. The second-order valence-electron chi connectivity index (χ2n) is 7.69. The lowest BCUT2D eigenvalue weighted by Crippen LogP contribution is -2.39. The number of hydrogen-bond donors (Lipinski definition) is 0. The van der Waals surface area contributed by atoms with Crippen molar-refractivity contribution in [3.8, 4) is 11.4 Å². The predicted octanol–water partition coefficient (Wildman–Crippen LogP) is 1.91. The van der Waals surface area contributed by atoms with E-state index < -0.39 is 10.0 Å². The summed E-state index contributed by atoms with van der Waals surface area (Å²) in [6.07, 6.45) is 8.11. The van der Waals surface area contributed by atoms with Crippen LogP contribution in [0.15, 0.2) is 48.1 Å². The summed E-state index contributed by atoms with van der Waals surface area (Å²) in [6, 6.07) is 5.72. The Hall–Kier alpha value is -2.85. The molecule has 30 heavy (non-hydrogen) atoms. The summed E-state index contributed by atoms with van der Waals surface area (Å²) in [5.74, 6) is 1.35. The Kier molecular flexibility index (Phi) is 5.52. The Morgan fingerprint density at radius 3 is 2.73 bits per heavy atom. The first kappa shape index (κ1) is 20.4. The van der Waals surface area contributed by atoms with Crippen molar-refractivity contribution in [1.29, 1.82) is 0 Å². The van der Waals surface area contributed by atoms with Gasteiger partial charge in [-0.05, 0) is 25.0 Å². The Bertz CT molecular complexity index is 1130. The van der Waals surface area contributed by atoms with E-state index in [1.807, 2.05) is 37.2 Å². The topological polar surface area (TPSA) is 97.1 Å². The largest absolute Gasteiger partial charge is 0.363 e. The SMILES string of the molecule is CN(C)c1cc([C@@H]2CCCN(S(=O)(=O)c3cn(C)cn3)C2)nc(-c2cccnc2)n1. The van der Waals surface area contributed by atoms with Gasteiger partial charge in [0.15, 0.2) is 10.9 Å². The second-order valence-corrected chi connectivity index (χ2v) is 9.58. The number of anilines is 1. The molecule has 1 atom stereocenters. The zero-order chi connectivity index (χ0) is 21.3. The summed E-state index contributed by atoms with van der Waals surface area (Å²) in [6.45, 7) is 0.853. The molecule has 1 aliphatic rings. The normalized spacial score (nSPS) is 17.8. The summed E-state index contributed by atoms with van der Waals surface area (Å²) in [4.78, 5) is 19.6. The van der Waals surface area contributed by atoms with Crippen LogP contribution in [-0.4, -0.2) is 64.4 Å². The molecule has 10 heteroatoms. The van der Waals surface area contributed by atoms with Gasteiger partial charge < -0.3 is 9.47 Å². The molecule has 9 nitrogen and oxygen atoms in total. The number of pyridine rings is 1. The molecule has 0 amide bonds. The van der Waals surface area contributed by atoms with Gasteiger partial charge in [0, 0.05) is 70.4 Å². The van der Waals surface area contributed by atoms with E-state index in [1.54, 1.807) is 24.0 Å². The molecule has 0 radical (unpaired) electrons. The fourth-order valence-electron chi connectivity index (χ4n) is 3.57. The highest BCUT2D eigenvalue weighted by Gasteiger charge is 2.33. The molecular weight excluding hydrogens is 402 g/mol. The number of sulfonamides is 1. The first-order valence-corrected chi connectivity index (χ1v) is 11.2. The second kappa shape index (κ2) is 8.11. The predicted molar refractivity (Wildman–Crippen MR) is 114 cm³/mol. The van der Waals surface area contributed by atoms with Crippen LogP contribution < -0.4 is 4.90 Å². The van der Waals surface area contributed by atoms with Gasteiger partial charge in [0.2, 0.25) is 0 Å². The van der Waals surface area contributed by atoms with Gasteiger partial charge in [0.1, 0.15) is 5.82 Å². The summed E-state index contributed by atoms with van der Waals surface area (Å²) in [5.41, 5.74) is 1.67. The molecule has 0 aliphatic carbocycles. The van der Waals surface area contributed by atoms with Crippen LogP contribution in [0.5, 0.6) is 0 Å². The molecule has 0 unspecified atom stereocenters. The maximum Gasteiger partial charge on any atom is 0.262 e. The smallest absolute Gasteiger partial charge is 0.262 e. The van der Waals surface area contributed by atoms with E-state index in [4.69, 9.17) is 4.98 Å². The van der Waals surface area contributed by atoms with Gasteiger partial charge in [-0.15, -0.1) is 0 Å². The molecule has 158 valence electrons. The van der Waals surface area contributed by atoms with Crippen molar-refractivity contribution in [2.45, 2.75) is 23.8 Å². The van der Waals surface area contributed by atoms with Crippen LogP contribution in [0.4, 0.5) is 5.82 Å². The fourth-order valence-corrected chi connectivity index (χ4v) is 5.06. The lowest BCUT2D eigenvalue weighted by atomic mass is 9.95. The maximum atomic E-state index is 13.0. The molecule has 0 N–H and O–H groups in total. The third-order valence-corrected chi connectivity index (χ3v) is 6.95. The zero-order valence-electron chi connectivity index (χ0n) is 17.3. The Labute approximate surface area is 176 Å². The minimum absolute atomic E-state index is 0.0191. The van der Waals surface area contributed by atoms with Crippen molar-refractivity contribution in [2.75, 3.05) is 32.1 Å². The summed E-state index contributed by atoms with van der Waals surface area (Å²) in [5, 5.41) is 0.0818. The number of hydrogen-bond acceptors (Lipinski definition) is 7. The molecule has 0 aromatic carbocycles. The van der Waals surface area contributed by atoms with Gasteiger partial charge in [-0.25, -0.2) is 23.4 Å². The van der Waals surface area contributed by atoms with Crippen molar-refractivity contribution < 1.29 is 8.42 Å². The van der Waals surface area contributed by atoms with Crippen molar-refractivity contribution >= 4 is 15.8 Å². The van der Waals surface area contributed by atoms with Gasteiger partial charge in [0.25, 0.3) is 10.0 Å². The number of aromatic nitrogens is 5. The van der Waals surface area contributed by atoms with Crippen molar-refractivity contribution in [3.05, 3.63) is 48.8 Å². The third-order valence-electron chi connectivity index (χ3n) is 5.20. The highest BCUT2D eigenvalue weighted by Crippen LogP contribution is 2.31. The number of nitrogens with zero attached hydrogens (tertiary/aromatic N) is 7. The Morgan fingerprint density at radius 1 is 1.23 bits per heavy atom. The van der Waals surface area contributed by atoms with Crippen LogP contribution in [0, 0.1) is 0 Å². The minimum atomic E-state index is -3.63. The van der Waals surface area contributed by atoms with E-state index in [0.717, 1.165) is 29.9 Å². The molecule has 3 aromatic rings. The van der Waals surface area contributed by atoms with E-state index in [9.17, 15) is 8.42 Å². The van der Waals surface area contributed by atoms with Crippen LogP contribution in [-0.2, 0) is 17.1 Å². The van der Waals surface area contributed by atoms with Gasteiger partial charge in [0.05, 0.1) is 12.0 Å². The van der Waals surface area contributed by atoms with Gasteiger partial charge in [-0.2, -0.15) is 4.31 Å². The third kappa shape index (κ3) is 4.05. The Morgan fingerprint density at radius 2 is 2.07 bits per heavy atom. The highest BCUT2D eigenvalue weighted by molar-refractivity contribution is 7.89. The average molecular weight is 428 g/mol. The molecular formula is C20H25N7O2S. The standard InChI is InChI=1S/C20H25N7O2S/c1-25(2)18-10-17(23-20(24-18)15-6-4-8-21-11-15)16-7-5-9-27(12-16)30(28,29)19-13-26(3)14-22-19/h4,6,8,10-11,13-14,16H,5,7,9,12H2,1-3H3/t16-/m1/s1. The molecule has 4 heterocycles. The molecule has 0 saturated carbocycles. The lowest BCUT2D eigenvalue weighted by Gasteiger charge is -2.31. The van der Waals surface area contributed by atoms with Gasteiger partial charge in [-0.1, -0.05) is 0 Å². The van der Waals surface area contributed by atoms with Crippen LogP contribution in [0.3, 0.4) is 0 Å². The molecule has 1 saturated heterocycles. The monoisotopic (exact) mass is 427 g/mol. The first-order chi connectivity index (χ1) is 14.3. The number of rotatable bonds is 5. The minimum Gasteiger partial charge on any atom is -0.363 e. The summed E-state index contributed by atoms with van der Waals surface area (Å²) >= 11 is 0. The first-order valence-electron chi connectivity index (χ1n) is 9.79. The van der Waals surface area contributed by atoms with Crippen LogP contribution >= 0.6 is 0 Å². The van der Waals surface area contributed by atoms with Crippen molar-refractivity contribution in [2.24, 2.45) is 7.05 Å². The Balaban J connectivity index is 1.67. The molecule has 0 spiro atoms. The van der Waals surface area contributed by atoms with E-state index >= 15 is 0 Å². The quantitative estimate of drug-likeness (QED) is 0.613. The molecule has 0 bridgehead atoms. The van der Waals surface area contributed by atoms with Crippen LogP contribution in [0.2, 0.25) is 0 Å². The number of imidazole rings is 1. The van der Waals surface area contributed by atoms with Gasteiger partial charge in [-0.3, -0.25) is 4.98 Å². The van der Waals surface area contributed by atoms with Crippen molar-refractivity contribution in [1.82, 2.24) is 28.8 Å². The van der Waals surface area contributed by atoms with E-state index in [2.05, 4.69) is 15.0 Å².